The molecule has 2 rings (SSSR count). The second-order valence-electron chi connectivity index (χ2n) is 5.00. The zero-order valence-electron chi connectivity index (χ0n) is 10.5. The molecule has 0 amide bonds. The number of fused-ring (bicyclic) bond motifs is 1. The molecule has 0 aliphatic carbocycles. The van der Waals surface area contributed by atoms with E-state index in [-0.39, 0.29) is 5.41 Å². The zero-order chi connectivity index (χ0) is 11.9. The Morgan fingerprint density at radius 3 is 2.62 bits per heavy atom. The zero-order valence-corrected chi connectivity index (χ0v) is 12.6. The summed E-state index contributed by atoms with van der Waals surface area (Å²) in [5, 5.41) is 0. The summed E-state index contributed by atoms with van der Waals surface area (Å²) in [6.45, 7) is 10.3. The van der Waals surface area contributed by atoms with Crippen molar-refractivity contribution in [2.45, 2.75) is 39.5 Å². The minimum atomic E-state index is 0.183. The van der Waals surface area contributed by atoms with Crippen LogP contribution in [0.25, 0.3) is 0 Å². The monoisotopic (exact) mass is 332 g/mol. The first-order chi connectivity index (χ1) is 7.50. The van der Waals surface area contributed by atoms with Crippen LogP contribution in [-0.2, 0) is 5.41 Å². The van der Waals surface area contributed by atoms with Gasteiger partial charge in [-0.2, -0.15) is 4.58 Å². The smallest absolute Gasteiger partial charge is 0.199 e. The molecule has 0 fully saturated rings. The summed E-state index contributed by atoms with van der Waals surface area (Å²) < 4.78 is 3.87. The van der Waals surface area contributed by atoms with Crippen LogP contribution in [0, 0.1) is 3.57 Å². The Bertz CT molecular complexity index is 458. The van der Waals surface area contributed by atoms with Crippen molar-refractivity contribution >= 4 is 34.0 Å². The molecule has 1 heterocycles. The summed E-state index contributed by atoms with van der Waals surface area (Å²) in [4.78, 5) is 0. The Balaban J connectivity index is 2.67. The minimum absolute atomic E-state index is 0.183. The number of rotatable bonds is 2. The number of halogens is 1. The van der Waals surface area contributed by atoms with E-state index < -0.39 is 0 Å². The fraction of sp³-hybridized carbons (Fsp3) is 0.500. The van der Waals surface area contributed by atoms with E-state index in [1.165, 1.54) is 27.0 Å². The van der Waals surface area contributed by atoms with E-state index in [1.807, 2.05) is 0 Å². The molecule has 16 heavy (non-hydrogen) atoms. The van der Waals surface area contributed by atoms with Crippen molar-refractivity contribution in [1.82, 2.24) is 0 Å². The average Bonchev–Trinajstić information content (AvgIpc) is 2.41. The van der Waals surface area contributed by atoms with Gasteiger partial charge < -0.3 is 0 Å². The second-order valence-corrected chi connectivity index (χ2v) is 6.16. The fourth-order valence-corrected chi connectivity index (χ4v) is 3.73. The SMILES string of the molecule is CCC[N+]1=C(C)C(C)(C)c2c([131I])cccc21. The van der Waals surface area contributed by atoms with E-state index >= 15 is 0 Å². The van der Waals surface area contributed by atoms with Gasteiger partial charge in [-0.3, -0.25) is 0 Å². The van der Waals surface area contributed by atoms with Crippen LogP contribution in [0.4, 0.5) is 5.69 Å². The molecule has 1 aromatic carbocycles. The predicted molar refractivity (Wildman–Crippen MR) is 77.9 cm³/mol. The summed E-state index contributed by atoms with van der Waals surface area (Å²) in [6, 6.07) is 6.63. The molecule has 86 valence electrons. The van der Waals surface area contributed by atoms with Crippen LogP contribution >= 0.6 is 22.6 Å². The average molecular weight is 332 g/mol. The van der Waals surface area contributed by atoms with Crippen molar-refractivity contribution in [3.8, 4) is 0 Å². The molecule has 1 nitrogen and oxygen atoms in total. The van der Waals surface area contributed by atoms with Crippen molar-refractivity contribution in [3.63, 3.8) is 0 Å². The van der Waals surface area contributed by atoms with E-state index in [1.54, 1.807) is 0 Å². The molecule has 0 atom stereocenters. The molecule has 1 aromatic rings. The maximum Gasteiger partial charge on any atom is 0.210 e. The van der Waals surface area contributed by atoms with Gasteiger partial charge in [0, 0.05) is 23.0 Å². The summed E-state index contributed by atoms with van der Waals surface area (Å²) in [6.07, 6.45) is 1.19. The maximum absolute atomic E-state index is 2.48. The third-order valence-corrected chi connectivity index (χ3v) is 4.56. The van der Waals surface area contributed by atoms with Gasteiger partial charge in [0.05, 0.1) is 11.0 Å². The lowest BCUT2D eigenvalue weighted by Crippen LogP contribution is -2.27. The summed E-state index contributed by atoms with van der Waals surface area (Å²) >= 11 is 2.46. The number of hydrogen-bond acceptors (Lipinski definition) is 0. The van der Waals surface area contributed by atoms with Crippen LogP contribution < -0.4 is 0 Å². The number of nitrogens with zero attached hydrogens (tertiary/aromatic N) is 1. The summed E-state index contributed by atoms with van der Waals surface area (Å²) in [7, 11) is 0. The van der Waals surface area contributed by atoms with E-state index in [0.29, 0.717) is 0 Å². The highest BCUT2D eigenvalue weighted by Gasteiger charge is 2.43. The Labute approximate surface area is 112 Å². The lowest BCUT2D eigenvalue weighted by Gasteiger charge is -2.16. The molecule has 1 aliphatic rings. The molecule has 0 N–H and O–H groups in total. The highest BCUT2D eigenvalue weighted by Crippen LogP contribution is 2.41. The Morgan fingerprint density at radius 1 is 1.31 bits per heavy atom. The van der Waals surface area contributed by atoms with Crippen LogP contribution in [-0.4, -0.2) is 16.8 Å². The molecule has 0 aromatic heterocycles. The molecule has 0 bridgehead atoms. The number of benzene rings is 1. The molecule has 0 radical (unpaired) electrons. The van der Waals surface area contributed by atoms with Crippen LogP contribution in [0.3, 0.4) is 0 Å². The van der Waals surface area contributed by atoms with E-state index in [4.69, 9.17) is 0 Å². The maximum atomic E-state index is 2.48. The van der Waals surface area contributed by atoms with Gasteiger partial charge in [-0.25, -0.2) is 0 Å². The van der Waals surface area contributed by atoms with Crippen molar-refractivity contribution in [3.05, 3.63) is 27.3 Å². The van der Waals surface area contributed by atoms with Crippen molar-refractivity contribution in [1.29, 1.82) is 0 Å². The van der Waals surface area contributed by atoms with Crippen LogP contribution in [0.2, 0.25) is 0 Å². The van der Waals surface area contributed by atoms with Gasteiger partial charge in [0.25, 0.3) is 0 Å². The topological polar surface area (TPSA) is 3.01 Å². The van der Waals surface area contributed by atoms with Crippen LogP contribution in [0.1, 0.15) is 39.7 Å². The molecule has 0 saturated carbocycles. The van der Waals surface area contributed by atoms with E-state index in [9.17, 15) is 0 Å². The number of hydrogen-bond donors (Lipinski definition) is 0. The quantitative estimate of drug-likeness (QED) is 0.567. The fourth-order valence-electron chi connectivity index (χ4n) is 2.57. The highest BCUT2D eigenvalue weighted by molar-refractivity contribution is 14.1. The van der Waals surface area contributed by atoms with Gasteiger partial charge in [-0.1, -0.05) is 13.0 Å². The minimum Gasteiger partial charge on any atom is -0.199 e. The third kappa shape index (κ3) is 1.62. The van der Waals surface area contributed by atoms with E-state index in [2.05, 4.69) is 73.1 Å². The molecule has 0 saturated heterocycles. The first-order valence-corrected chi connectivity index (χ1v) is 6.98. The van der Waals surface area contributed by atoms with Gasteiger partial charge in [-0.15, -0.1) is 0 Å². The Hall–Kier alpha value is -0.380. The van der Waals surface area contributed by atoms with Gasteiger partial charge >= 0.3 is 0 Å². The second kappa shape index (κ2) is 4.13. The van der Waals surface area contributed by atoms with Gasteiger partial charge in [-0.05, 0) is 42.5 Å². The predicted octanol–water partition coefficient (Wildman–Crippen LogP) is 4.10. The summed E-state index contributed by atoms with van der Waals surface area (Å²) in [5.41, 5.74) is 4.58. The third-order valence-electron chi connectivity index (χ3n) is 3.66. The first kappa shape index (κ1) is 12.1. The summed E-state index contributed by atoms with van der Waals surface area (Å²) in [5.74, 6) is 0. The van der Waals surface area contributed by atoms with Crippen molar-refractivity contribution in [2.24, 2.45) is 0 Å². The Morgan fingerprint density at radius 2 is 2.00 bits per heavy atom. The van der Waals surface area contributed by atoms with Crippen LogP contribution in [0.5, 0.6) is 0 Å². The van der Waals surface area contributed by atoms with Gasteiger partial charge in [0.2, 0.25) is 5.69 Å². The standard InChI is InChI=1S/C14H19IN/c1-5-9-16-10(2)14(3,4)13-11(15)7-6-8-12(13)16/h6-8H,5,9H2,1-4H3/q+1/i15+4. The molecule has 1 aliphatic heterocycles. The van der Waals surface area contributed by atoms with Gasteiger partial charge in [0.15, 0.2) is 5.71 Å². The van der Waals surface area contributed by atoms with E-state index in [0.717, 1.165) is 6.54 Å². The van der Waals surface area contributed by atoms with Crippen molar-refractivity contribution < 1.29 is 4.58 Å². The normalized spacial score (nSPS) is 17.8. The van der Waals surface area contributed by atoms with Crippen molar-refractivity contribution in [2.75, 3.05) is 6.54 Å². The molecular formula is C14H19IN+. The highest BCUT2D eigenvalue weighted by atomic mass is 131. The lowest BCUT2D eigenvalue weighted by atomic mass is 9.82. The molecule has 2 heteroatoms. The largest absolute Gasteiger partial charge is 0.210 e. The molecular weight excluding hydrogens is 313 g/mol. The van der Waals surface area contributed by atoms with Crippen LogP contribution in [0.15, 0.2) is 18.2 Å². The lowest BCUT2D eigenvalue weighted by molar-refractivity contribution is -0.439. The molecule has 0 spiro atoms. The Kier molecular flexibility index (Phi) is 3.12. The first-order valence-electron chi connectivity index (χ1n) is 5.90. The molecule has 0 unspecified atom stereocenters. The van der Waals surface area contributed by atoms with Gasteiger partial charge in [0.1, 0.15) is 6.54 Å².